The monoisotopic (exact) mass is 674 g/mol. The lowest BCUT2D eigenvalue weighted by molar-refractivity contribution is 0.0570. The summed E-state index contributed by atoms with van der Waals surface area (Å²) in [6.45, 7) is 8.72. The van der Waals surface area contributed by atoms with E-state index in [1.807, 2.05) is 30.3 Å². The van der Waals surface area contributed by atoms with Gasteiger partial charge in [-0.15, -0.1) is 5.53 Å². The molecule has 2 aliphatic rings. The van der Waals surface area contributed by atoms with Gasteiger partial charge in [-0.3, -0.25) is 14.9 Å². The van der Waals surface area contributed by atoms with Gasteiger partial charge >= 0.3 is 0 Å². The van der Waals surface area contributed by atoms with Gasteiger partial charge in [0.25, 0.3) is 0 Å². The van der Waals surface area contributed by atoms with E-state index in [4.69, 9.17) is 23.2 Å². The summed E-state index contributed by atoms with van der Waals surface area (Å²) in [5.41, 5.74) is 11.9. The van der Waals surface area contributed by atoms with Gasteiger partial charge in [0.05, 0.1) is 45.2 Å². The van der Waals surface area contributed by atoms with Crippen molar-refractivity contribution < 1.29 is 9.50 Å². The second kappa shape index (κ2) is 13.6. The van der Waals surface area contributed by atoms with Crippen molar-refractivity contribution in [3.05, 3.63) is 105 Å². The van der Waals surface area contributed by atoms with Crippen molar-refractivity contribution in [3.63, 3.8) is 0 Å². The number of aliphatic hydroxyl groups excluding tert-OH is 1. The molecular weight excluding hydrogens is 638 g/mol. The quantitative estimate of drug-likeness (QED) is 0.131. The SMILES string of the molecule is CC(C)(C)N1CCC(N2C=C([C@@H](Nc3cc(Cl)c4ncc(C#N)c(Nc5ccc(F)c(Cl)c5)c4c3)c3cccc(CO)c3)NN2)CC1. The van der Waals surface area contributed by atoms with Gasteiger partial charge in [-0.1, -0.05) is 47.5 Å². The molecule has 47 heavy (non-hydrogen) atoms. The zero-order valence-corrected chi connectivity index (χ0v) is 27.9. The van der Waals surface area contributed by atoms with E-state index in [1.54, 1.807) is 12.1 Å². The molecule has 1 saturated heterocycles. The van der Waals surface area contributed by atoms with Gasteiger partial charge in [-0.05, 0) is 75.1 Å². The lowest BCUT2D eigenvalue weighted by Gasteiger charge is -2.42. The van der Waals surface area contributed by atoms with E-state index >= 15 is 0 Å². The number of nitrogens with one attached hydrogen (secondary N) is 4. The molecule has 0 aliphatic carbocycles. The molecule has 5 N–H and O–H groups in total. The van der Waals surface area contributed by atoms with Gasteiger partial charge in [0.1, 0.15) is 11.9 Å². The number of piperidine rings is 1. The average molecular weight is 676 g/mol. The third-order valence-corrected chi connectivity index (χ3v) is 9.32. The van der Waals surface area contributed by atoms with E-state index in [1.165, 1.54) is 18.3 Å². The first kappa shape index (κ1) is 32.8. The fourth-order valence-corrected chi connectivity index (χ4v) is 6.61. The molecule has 0 saturated carbocycles. The molecule has 1 aromatic heterocycles. The van der Waals surface area contributed by atoms with Crippen LogP contribution in [0.5, 0.6) is 0 Å². The first-order chi connectivity index (χ1) is 22.5. The van der Waals surface area contributed by atoms with E-state index in [-0.39, 0.29) is 28.8 Å². The molecule has 1 atom stereocenters. The number of hydrogen-bond donors (Lipinski definition) is 5. The molecule has 0 bridgehead atoms. The minimum atomic E-state index is -0.540. The van der Waals surface area contributed by atoms with Gasteiger partial charge in [0, 0.05) is 53.8 Å². The summed E-state index contributed by atoms with van der Waals surface area (Å²) in [5, 5.41) is 29.8. The summed E-state index contributed by atoms with van der Waals surface area (Å²) >= 11 is 12.9. The highest BCUT2D eigenvalue weighted by molar-refractivity contribution is 6.36. The Hall–Kier alpha value is -4.11. The van der Waals surface area contributed by atoms with Crippen molar-refractivity contribution in [2.45, 2.75) is 57.8 Å². The molecule has 1 fully saturated rings. The molecule has 0 radical (unpaired) electrons. The van der Waals surface area contributed by atoms with Gasteiger partial charge in [0.15, 0.2) is 0 Å². The second-order valence-electron chi connectivity index (χ2n) is 12.9. The van der Waals surface area contributed by atoms with Crippen LogP contribution >= 0.6 is 23.2 Å². The third-order valence-electron chi connectivity index (χ3n) is 8.74. The second-order valence-corrected chi connectivity index (χ2v) is 13.7. The highest BCUT2D eigenvalue weighted by Gasteiger charge is 2.32. The van der Waals surface area contributed by atoms with Gasteiger partial charge in [-0.25, -0.2) is 4.39 Å². The Morgan fingerprint density at radius 2 is 1.85 bits per heavy atom. The molecule has 0 spiro atoms. The number of rotatable bonds is 8. The number of nitriles is 1. The lowest BCUT2D eigenvalue weighted by atomic mass is 9.97. The van der Waals surface area contributed by atoms with Crippen LogP contribution in [0, 0.1) is 17.1 Å². The number of benzene rings is 3. The number of hydrazine groups is 2. The first-order valence-electron chi connectivity index (χ1n) is 15.5. The topological polar surface area (TPSA) is 112 Å². The molecule has 9 nitrogen and oxygen atoms in total. The van der Waals surface area contributed by atoms with Crippen LogP contribution in [-0.2, 0) is 6.61 Å². The van der Waals surface area contributed by atoms with E-state index < -0.39 is 5.82 Å². The van der Waals surface area contributed by atoms with Crippen LogP contribution in [0.25, 0.3) is 10.9 Å². The Morgan fingerprint density at radius 3 is 2.55 bits per heavy atom. The Labute approximate surface area is 283 Å². The van der Waals surface area contributed by atoms with E-state index in [0.29, 0.717) is 39.0 Å². The average Bonchev–Trinajstić information content (AvgIpc) is 3.55. The fourth-order valence-electron chi connectivity index (χ4n) is 6.16. The molecule has 12 heteroatoms. The molecular formula is C35H37Cl2FN8O. The van der Waals surface area contributed by atoms with Gasteiger partial charge < -0.3 is 21.2 Å². The number of aliphatic hydroxyl groups is 1. The minimum absolute atomic E-state index is 0.0417. The van der Waals surface area contributed by atoms with Crippen molar-refractivity contribution in [2.24, 2.45) is 0 Å². The van der Waals surface area contributed by atoms with E-state index in [9.17, 15) is 14.8 Å². The zero-order valence-electron chi connectivity index (χ0n) is 26.4. The lowest BCUT2D eigenvalue weighted by Crippen LogP contribution is -2.52. The molecule has 244 valence electrons. The molecule has 6 rings (SSSR count). The van der Waals surface area contributed by atoms with Crippen LogP contribution < -0.4 is 21.6 Å². The smallest absolute Gasteiger partial charge is 0.141 e. The summed E-state index contributed by atoms with van der Waals surface area (Å²) in [5.74, 6) is -0.540. The number of halogens is 3. The maximum Gasteiger partial charge on any atom is 0.141 e. The number of nitrogens with zero attached hydrogens (tertiary/aromatic N) is 4. The summed E-state index contributed by atoms with van der Waals surface area (Å²) in [6, 6.07) is 17.9. The van der Waals surface area contributed by atoms with Crippen molar-refractivity contribution in [2.75, 3.05) is 23.7 Å². The molecule has 0 unspecified atom stereocenters. The Morgan fingerprint density at radius 1 is 1.09 bits per heavy atom. The zero-order chi connectivity index (χ0) is 33.3. The number of aromatic nitrogens is 1. The van der Waals surface area contributed by atoms with Crippen LogP contribution in [0.4, 0.5) is 21.5 Å². The molecule has 0 amide bonds. The maximum absolute atomic E-state index is 13.9. The first-order valence-corrected chi connectivity index (χ1v) is 16.3. The summed E-state index contributed by atoms with van der Waals surface area (Å²) in [6.07, 6.45) is 5.61. The normalized spacial score (nSPS) is 16.5. The third kappa shape index (κ3) is 7.10. The van der Waals surface area contributed by atoms with Crippen LogP contribution in [0.1, 0.15) is 56.3 Å². The Balaban J connectivity index is 1.35. The largest absolute Gasteiger partial charge is 0.392 e. The highest BCUT2D eigenvalue weighted by Crippen LogP contribution is 2.38. The summed E-state index contributed by atoms with van der Waals surface area (Å²) in [4.78, 5) is 6.99. The Kier molecular flexibility index (Phi) is 9.46. The van der Waals surface area contributed by atoms with E-state index in [2.05, 4.69) is 69.5 Å². The van der Waals surface area contributed by atoms with Gasteiger partial charge in [-0.2, -0.15) is 5.26 Å². The van der Waals surface area contributed by atoms with E-state index in [0.717, 1.165) is 42.8 Å². The fraction of sp³-hybridized carbons (Fsp3) is 0.314. The molecule has 3 aromatic carbocycles. The van der Waals surface area contributed by atoms with Crippen LogP contribution in [0.2, 0.25) is 10.0 Å². The number of anilines is 3. The van der Waals surface area contributed by atoms with Crippen LogP contribution in [-0.4, -0.2) is 44.7 Å². The summed E-state index contributed by atoms with van der Waals surface area (Å²) in [7, 11) is 0. The minimum Gasteiger partial charge on any atom is -0.392 e. The molecule has 4 aromatic rings. The van der Waals surface area contributed by atoms with Gasteiger partial charge in [0.2, 0.25) is 0 Å². The number of pyridine rings is 1. The van der Waals surface area contributed by atoms with Crippen LogP contribution in [0.15, 0.2) is 72.7 Å². The predicted molar refractivity (Wildman–Crippen MR) is 185 cm³/mol. The number of likely N-dealkylation sites (tertiary alicyclic amines) is 1. The van der Waals surface area contributed by atoms with Crippen molar-refractivity contribution in [3.8, 4) is 6.07 Å². The standard InChI is InChI=1S/C35H37Cl2FN8O/c1-35(2,3)45-11-9-26(10-12-45)46-19-31(43-44-46)33(22-6-4-5-21(13-22)20-47)42-25-14-27-32(41-24-7-8-30(38)28(36)15-24)23(17-39)18-40-34(27)29(37)16-25/h4-8,13-16,18-19,26,33,42-44,47H,9-12,20H2,1-3H3,(H,40,41)/t33-/m0/s1. The summed E-state index contributed by atoms with van der Waals surface area (Å²) < 4.78 is 13.9. The number of fused-ring (bicyclic) bond motifs is 1. The maximum atomic E-state index is 13.9. The predicted octanol–water partition coefficient (Wildman–Crippen LogP) is 7.37. The highest BCUT2D eigenvalue weighted by atomic mass is 35.5. The van der Waals surface area contributed by atoms with Crippen molar-refractivity contribution in [1.29, 1.82) is 5.26 Å². The van der Waals surface area contributed by atoms with Crippen molar-refractivity contribution >= 4 is 51.2 Å². The number of hydrogen-bond acceptors (Lipinski definition) is 9. The van der Waals surface area contributed by atoms with Crippen molar-refractivity contribution in [1.82, 2.24) is 25.9 Å². The molecule has 3 heterocycles. The van der Waals surface area contributed by atoms with Crippen LogP contribution in [0.3, 0.4) is 0 Å². The molecule has 2 aliphatic heterocycles. The Bertz CT molecular complexity index is 1860.